The normalized spacial score (nSPS) is 17.5. The summed E-state index contributed by atoms with van der Waals surface area (Å²) in [7, 11) is 0. The van der Waals surface area contributed by atoms with E-state index in [-0.39, 0.29) is 11.4 Å². The predicted molar refractivity (Wildman–Crippen MR) is 72.5 cm³/mol. The lowest BCUT2D eigenvalue weighted by molar-refractivity contribution is 0.0123. The van der Waals surface area contributed by atoms with E-state index in [1.807, 2.05) is 13.8 Å². The number of hydrogen-bond acceptors (Lipinski definition) is 5. The molecule has 0 N–H and O–H groups in total. The third kappa shape index (κ3) is 2.58. The Morgan fingerprint density at radius 2 is 2.26 bits per heavy atom. The van der Waals surface area contributed by atoms with Crippen LogP contribution in [-0.4, -0.2) is 15.8 Å². The van der Waals surface area contributed by atoms with Gasteiger partial charge in [0.1, 0.15) is 22.2 Å². The summed E-state index contributed by atoms with van der Waals surface area (Å²) >= 11 is 1.54. The standard InChI is InChI=1S/C13H13FN2O2S/c1-13(2)6-12(16-18-13)19-7-10-9-5-8(14)3-4-11(9)17-15-10/h3-5H,6-7H2,1-2H3. The van der Waals surface area contributed by atoms with Crippen LogP contribution in [0.2, 0.25) is 0 Å². The van der Waals surface area contributed by atoms with Crippen LogP contribution in [-0.2, 0) is 10.6 Å². The summed E-state index contributed by atoms with van der Waals surface area (Å²) < 4.78 is 18.4. The number of nitrogens with zero attached hydrogens (tertiary/aromatic N) is 2. The maximum absolute atomic E-state index is 13.2. The van der Waals surface area contributed by atoms with Gasteiger partial charge in [-0.2, -0.15) is 0 Å². The fourth-order valence-electron chi connectivity index (χ4n) is 1.90. The zero-order chi connectivity index (χ0) is 13.5. The van der Waals surface area contributed by atoms with E-state index < -0.39 is 0 Å². The fraction of sp³-hybridized carbons (Fsp3) is 0.385. The van der Waals surface area contributed by atoms with Gasteiger partial charge >= 0.3 is 0 Å². The molecule has 6 heteroatoms. The third-order valence-corrected chi connectivity index (χ3v) is 3.82. The molecule has 2 heterocycles. The van der Waals surface area contributed by atoms with Crippen molar-refractivity contribution in [3.63, 3.8) is 0 Å². The molecule has 0 spiro atoms. The molecule has 2 aromatic rings. The number of rotatable bonds is 2. The van der Waals surface area contributed by atoms with Crippen molar-refractivity contribution in [1.29, 1.82) is 0 Å². The van der Waals surface area contributed by atoms with Crippen LogP contribution in [0, 0.1) is 5.82 Å². The first kappa shape index (κ1) is 12.5. The SMILES string of the molecule is CC1(C)CC(SCc2noc3ccc(F)cc23)=NO1. The molecule has 1 aromatic carbocycles. The van der Waals surface area contributed by atoms with Gasteiger partial charge in [-0.3, -0.25) is 0 Å². The summed E-state index contributed by atoms with van der Waals surface area (Å²) in [5.41, 5.74) is 1.09. The monoisotopic (exact) mass is 280 g/mol. The largest absolute Gasteiger partial charge is 0.389 e. The molecule has 0 atom stereocenters. The number of fused-ring (bicyclic) bond motifs is 1. The van der Waals surface area contributed by atoms with Crippen LogP contribution in [0.3, 0.4) is 0 Å². The van der Waals surface area contributed by atoms with Crippen molar-refractivity contribution in [2.24, 2.45) is 5.16 Å². The van der Waals surface area contributed by atoms with Gasteiger partial charge in [-0.15, -0.1) is 11.8 Å². The first-order valence-corrected chi connectivity index (χ1v) is 6.94. The molecule has 0 unspecified atom stereocenters. The Bertz CT molecular complexity index is 651. The second-order valence-electron chi connectivity index (χ2n) is 5.07. The number of halogens is 1. The minimum Gasteiger partial charge on any atom is -0.389 e. The highest BCUT2D eigenvalue weighted by molar-refractivity contribution is 8.13. The molecule has 100 valence electrons. The fourth-order valence-corrected chi connectivity index (χ4v) is 2.95. The molecule has 4 nitrogen and oxygen atoms in total. The minimum absolute atomic E-state index is 0.236. The maximum atomic E-state index is 13.2. The van der Waals surface area contributed by atoms with E-state index in [9.17, 15) is 4.39 Å². The summed E-state index contributed by atoms with van der Waals surface area (Å²) in [6.07, 6.45) is 0.780. The van der Waals surface area contributed by atoms with Crippen molar-refractivity contribution in [2.45, 2.75) is 31.6 Å². The zero-order valence-electron chi connectivity index (χ0n) is 10.6. The van der Waals surface area contributed by atoms with Gasteiger partial charge in [0.15, 0.2) is 5.58 Å². The molecule has 0 radical (unpaired) electrons. The van der Waals surface area contributed by atoms with E-state index in [1.54, 1.807) is 17.8 Å². The van der Waals surface area contributed by atoms with E-state index in [1.165, 1.54) is 12.1 Å². The molecular weight excluding hydrogens is 267 g/mol. The molecule has 19 heavy (non-hydrogen) atoms. The average molecular weight is 280 g/mol. The molecule has 0 amide bonds. The Kier molecular flexibility index (Phi) is 2.97. The molecule has 0 aliphatic carbocycles. The summed E-state index contributed by atoms with van der Waals surface area (Å²) in [6, 6.07) is 4.39. The maximum Gasteiger partial charge on any atom is 0.167 e. The number of benzene rings is 1. The second kappa shape index (κ2) is 4.52. The highest BCUT2D eigenvalue weighted by Crippen LogP contribution is 2.30. The lowest BCUT2D eigenvalue weighted by atomic mass is 10.1. The van der Waals surface area contributed by atoms with E-state index in [4.69, 9.17) is 9.36 Å². The molecule has 0 saturated heterocycles. The van der Waals surface area contributed by atoms with Crippen molar-refractivity contribution in [3.05, 3.63) is 29.7 Å². The van der Waals surface area contributed by atoms with Crippen molar-refractivity contribution in [1.82, 2.24) is 5.16 Å². The summed E-state index contributed by atoms with van der Waals surface area (Å²) in [5, 5.41) is 9.65. The van der Waals surface area contributed by atoms with Gasteiger partial charge < -0.3 is 9.36 Å². The van der Waals surface area contributed by atoms with E-state index >= 15 is 0 Å². The number of thioether (sulfide) groups is 1. The second-order valence-corrected chi connectivity index (χ2v) is 6.12. The highest BCUT2D eigenvalue weighted by Gasteiger charge is 2.29. The Hall–Kier alpha value is -1.56. The van der Waals surface area contributed by atoms with Gasteiger partial charge in [0.25, 0.3) is 0 Å². The Morgan fingerprint density at radius 1 is 1.42 bits per heavy atom. The van der Waals surface area contributed by atoms with Gasteiger partial charge in [0.2, 0.25) is 0 Å². The smallest absolute Gasteiger partial charge is 0.167 e. The van der Waals surface area contributed by atoms with Crippen LogP contribution < -0.4 is 0 Å². The number of oxime groups is 1. The van der Waals surface area contributed by atoms with Gasteiger partial charge in [0.05, 0.1) is 0 Å². The summed E-state index contributed by atoms with van der Waals surface area (Å²) in [4.78, 5) is 5.29. The zero-order valence-corrected chi connectivity index (χ0v) is 11.5. The van der Waals surface area contributed by atoms with Crippen LogP contribution in [0.1, 0.15) is 26.0 Å². The Morgan fingerprint density at radius 3 is 3.00 bits per heavy atom. The van der Waals surface area contributed by atoms with Crippen LogP contribution in [0.4, 0.5) is 4.39 Å². The van der Waals surface area contributed by atoms with Crippen LogP contribution in [0.25, 0.3) is 11.0 Å². The van der Waals surface area contributed by atoms with Crippen LogP contribution >= 0.6 is 11.8 Å². The molecule has 0 fully saturated rings. The van der Waals surface area contributed by atoms with Crippen molar-refractivity contribution in [3.8, 4) is 0 Å². The van der Waals surface area contributed by atoms with E-state index in [2.05, 4.69) is 10.3 Å². The van der Waals surface area contributed by atoms with Gasteiger partial charge in [-0.25, -0.2) is 4.39 Å². The minimum atomic E-state index is -0.287. The molecule has 3 rings (SSSR count). The first-order valence-electron chi connectivity index (χ1n) is 5.95. The Labute approximate surface area is 114 Å². The summed E-state index contributed by atoms with van der Waals surface area (Å²) in [6.45, 7) is 3.98. The molecule has 1 aliphatic heterocycles. The molecule has 0 bridgehead atoms. The van der Waals surface area contributed by atoms with Crippen LogP contribution in [0.15, 0.2) is 27.9 Å². The van der Waals surface area contributed by atoms with E-state index in [0.717, 1.165) is 17.2 Å². The van der Waals surface area contributed by atoms with Gasteiger partial charge in [0, 0.05) is 17.6 Å². The van der Waals surface area contributed by atoms with Crippen molar-refractivity contribution >= 4 is 27.8 Å². The van der Waals surface area contributed by atoms with E-state index in [0.29, 0.717) is 16.7 Å². The van der Waals surface area contributed by atoms with Gasteiger partial charge in [-0.05, 0) is 32.0 Å². The quantitative estimate of drug-likeness (QED) is 0.841. The summed E-state index contributed by atoms with van der Waals surface area (Å²) in [5.74, 6) is 0.305. The average Bonchev–Trinajstić information content (AvgIpc) is 2.90. The van der Waals surface area contributed by atoms with Gasteiger partial charge in [-0.1, -0.05) is 10.3 Å². The molecule has 1 aromatic heterocycles. The molecule has 1 aliphatic rings. The topological polar surface area (TPSA) is 47.6 Å². The third-order valence-electron chi connectivity index (χ3n) is 2.85. The van der Waals surface area contributed by atoms with Crippen molar-refractivity contribution < 1.29 is 13.8 Å². The number of aromatic nitrogens is 1. The Balaban J connectivity index is 1.74. The molecular formula is C13H13FN2O2S. The highest BCUT2D eigenvalue weighted by atomic mass is 32.2. The lowest BCUT2D eigenvalue weighted by Gasteiger charge is -2.12. The predicted octanol–water partition coefficient (Wildman–Crippen LogP) is 3.71. The van der Waals surface area contributed by atoms with Crippen molar-refractivity contribution in [2.75, 3.05) is 0 Å². The molecule has 0 saturated carbocycles. The van der Waals surface area contributed by atoms with Crippen LogP contribution in [0.5, 0.6) is 0 Å². The first-order chi connectivity index (χ1) is 9.03. The number of hydrogen-bond donors (Lipinski definition) is 0. The lowest BCUT2D eigenvalue weighted by Crippen LogP contribution is -2.18.